The van der Waals surface area contributed by atoms with E-state index in [0.717, 1.165) is 17.1 Å². The molecule has 146 valence electrons. The van der Waals surface area contributed by atoms with Gasteiger partial charge < -0.3 is 4.42 Å². The largest absolute Gasteiger partial charge is 0.457 e. The van der Waals surface area contributed by atoms with Crippen LogP contribution < -0.4 is 5.50 Å². The van der Waals surface area contributed by atoms with Gasteiger partial charge in [0.2, 0.25) is 0 Å². The Kier molecular flexibility index (Phi) is 5.54. The summed E-state index contributed by atoms with van der Waals surface area (Å²) in [4.78, 5) is 0. The Morgan fingerprint density at radius 1 is 0.643 bits per heavy atom. The van der Waals surface area contributed by atoms with Crippen molar-refractivity contribution in [3.63, 3.8) is 0 Å². The summed E-state index contributed by atoms with van der Waals surface area (Å²) < 4.78 is 6.62. The van der Waals surface area contributed by atoms with Gasteiger partial charge in [0.15, 0.2) is 0 Å². The van der Waals surface area contributed by atoms with Crippen molar-refractivity contribution >= 4 is 24.2 Å². The third kappa shape index (κ3) is 3.79. The second kappa shape index (κ2) is 8.42. The lowest BCUT2D eigenvalue weighted by Crippen LogP contribution is -2.25. The zero-order valence-electron chi connectivity index (χ0n) is 16.8. The quantitative estimate of drug-likeness (QED) is 0.413. The monoisotopic (exact) mass is 390 g/mol. The highest BCUT2D eigenvalue weighted by molar-refractivity contribution is 7.66. The molecule has 1 heterocycles. The van der Waals surface area contributed by atoms with Crippen molar-refractivity contribution < 1.29 is 4.42 Å². The van der Waals surface area contributed by atoms with Gasteiger partial charge in [-0.2, -0.15) is 0 Å². The maximum Gasteiger partial charge on any atom is 0.134 e. The Balaban J connectivity index is 1.46. The molecule has 2 saturated carbocycles. The van der Waals surface area contributed by atoms with E-state index in [0.29, 0.717) is 0 Å². The summed E-state index contributed by atoms with van der Waals surface area (Å²) in [7, 11) is -0.163. The standard InChI is InChI=1S/C26H31OP/c1-3-11-23(12-4-1)28(24-13-5-2-6-14-24)26-18-17-25(27-26)22-16-15-20-9-7-8-10-21(20)19-22/h7-10,15-19,23-24H,1-6,11-14H2. The first-order valence-corrected chi connectivity index (χ1v) is 12.7. The van der Waals surface area contributed by atoms with E-state index in [1.807, 2.05) is 0 Å². The molecule has 0 amide bonds. The predicted octanol–water partition coefficient (Wildman–Crippen LogP) is 7.87. The Labute approximate surface area is 170 Å². The number of hydrogen-bond acceptors (Lipinski definition) is 1. The van der Waals surface area contributed by atoms with Crippen molar-refractivity contribution in [3.8, 4) is 11.3 Å². The SMILES string of the molecule is c1ccc2cc(-c3ccc(P(C4CCCCC4)C4CCCCC4)o3)ccc2c1. The van der Waals surface area contributed by atoms with Gasteiger partial charge in [-0.15, -0.1) is 0 Å². The van der Waals surface area contributed by atoms with Gasteiger partial charge in [-0.3, -0.25) is 0 Å². The second-order valence-electron chi connectivity index (χ2n) is 8.69. The highest BCUT2D eigenvalue weighted by atomic mass is 31.1. The van der Waals surface area contributed by atoms with Crippen molar-refractivity contribution in [1.29, 1.82) is 0 Å². The van der Waals surface area contributed by atoms with Crippen LogP contribution in [0.4, 0.5) is 0 Å². The first kappa shape index (κ1) is 18.4. The van der Waals surface area contributed by atoms with Crippen molar-refractivity contribution in [2.45, 2.75) is 75.5 Å². The van der Waals surface area contributed by atoms with Gasteiger partial charge in [-0.25, -0.2) is 0 Å². The summed E-state index contributed by atoms with van der Waals surface area (Å²) in [5.74, 6) is 1.06. The molecule has 0 radical (unpaired) electrons. The molecule has 0 bridgehead atoms. The van der Waals surface area contributed by atoms with Crippen molar-refractivity contribution in [2.75, 3.05) is 0 Å². The van der Waals surface area contributed by atoms with Gasteiger partial charge >= 0.3 is 0 Å². The van der Waals surface area contributed by atoms with E-state index in [1.165, 1.54) is 86.0 Å². The Bertz CT molecular complexity index is 897. The maximum absolute atomic E-state index is 6.62. The maximum atomic E-state index is 6.62. The van der Waals surface area contributed by atoms with E-state index in [4.69, 9.17) is 4.42 Å². The molecule has 0 atom stereocenters. The lowest BCUT2D eigenvalue weighted by molar-refractivity contribution is 0.483. The van der Waals surface area contributed by atoms with Crippen LogP contribution in [0.1, 0.15) is 64.2 Å². The minimum atomic E-state index is -0.163. The number of benzene rings is 2. The molecular weight excluding hydrogens is 359 g/mol. The van der Waals surface area contributed by atoms with E-state index < -0.39 is 0 Å². The van der Waals surface area contributed by atoms with Crippen molar-refractivity contribution in [3.05, 3.63) is 54.6 Å². The Hall–Kier alpha value is -1.59. The van der Waals surface area contributed by atoms with Crippen LogP contribution >= 0.6 is 7.92 Å². The third-order valence-electron chi connectivity index (χ3n) is 6.82. The molecule has 0 aliphatic heterocycles. The van der Waals surface area contributed by atoms with Gasteiger partial charge in [-0.1, -0.05) is 74.9 Å². The number of rotatable bonds is 4. The van der Waals surface area contributed by atoms with Crippen molar-refractivity contribution in [2.24, 2.45) is 0 Å². The summed E-state index contributed by atoms with van der Waals surface area (Å²) in [6, 6.07) is 19.9. The van der Waals surface area contributed by atoms with Gasteiger partial charge in [0.05, 0.1) is 0 Å². The summed E-state index contributed by atoms with van der Waals surface area (Å²) in [5.41, 5.74) is 4.33. The van der Waals surface area contributed by atoms with Crippen LogP contribution in [0.25, 0.3) is 22.1 Å². The summed E-state index contributed by atoms with van der Waals surface area (Å²) in [6.45, 7) is 0. The lowest BCUT2D eigenvalue weighted by Gasteiger charge is -2.37. The Morgan fingerprint density at radius 3 is 1.96 bits per heavy atom. The first-order valence-electron chi connectivity index (χ1n) is 11.3. The van der Waals surface area contributed by atoms with Crippen molar-refractivity contribution in [1.82, 2.24) is 0 Å². The average Bonchev–Trinajstić information content (AvgIpc) is 3.25. The molecule has 2 aromatic carbocycles. The molecule has 1 nitrogen and oxygen atoms in total. The summed E-state index contributed by atoms with van der Waals surface area (Å²) >= 11 is 0. The van der Waals surface area contributed by atoms with Crippen LogP contribution in [0, 0.1) is 0 Å². The highest BCUT2D eigenvalue weighted by Gasteiger charge is 2.34. The van der Waals surface area contributed by atoms with Crippen LogP contribution in [-0.2, 0) is 0 Å². The van der Waals surface area contributed by atoms with Gasteiger partial charge in [0.1, 0.15) is 11.3 Å². The Morgan fingerprint density at radius 2 is 1.29 bits per heavy atom. The topological polar surface area (TPSA) is 13.1 Å². The van der Waals surface area contributed by atoms with E-state index in [1.54, 1.807) is 0 Å². The number of fused-ring (bicyclic) bond motifs is 1. The molecule has 2 aliphatic carbocycles. The van der Waals surface area contributed by atoms with Gasteiger partial charge in [0.25, 0.3) is 0 Å². The van der Waals surface area contributed by atoms with E-state index in [9.17, 15) is 0 Å². The molecule has 28 heavy (non-hydrogen) atoms. The number of hydrogen-bond donors (Lipinski definition) is 0. The molecule has 2 fully saturated rings. The predicted molar refractivity (Wildman–Crippen MR) is 122 cm³/mol. The van der Waals surface area contributed by atoms with Crippen LogP contribution in [-0.4, -0.2) is 11.3 Å². The fourth-order valence-electron chi connectivity index (χ4n) is 5.34. The molecule has 0 spiro atoms. The minimum Gasteiger partial charge on any atom is -0.457 e. The fraction of sp³-hybridized carbons (Fsp3) is 0.462. The second-order valence-corrected chi connectivity index (χ2v) is 11.4. The van der Waals surface area contributed by atoms with E-state index in [-0.39, 0.29) is 7.92 Å². The molecule has 0 saturated heterocycles. The van der Waals surface area contributed by atoms with Crippen LogP contribution in [0.15, 0.2) is 59.0 Å². The zero-order valence-corrected chi connectivity index (χ0v) is 17.7. The van der Waals surface area contributed by atoms with E-state index in [2.05, 4.69) is 54.6 Å². The van der Waals surface area contributed by atoms with Crippen LogP contribution in [0.2, 0.25) is 0 Å². The van der Waals surface area contributed by atoms with E-state index >= 15 is 0 Å². The molecular formula is C26H31OP. The smallest absolute Gasteiger partial charge is 0.134 e. The summed E-state index contributed by atoms with van der Waals surface area (Å²) in [6.07, 6.45) is 14.3. The third-order valence-corrected chi connectivity index (χ3v) is 10.2. The normalized spacial score (nSPS) is 19.5. The molecule has 0 N–H and O–H groups in total. The molecule has 2 heteroatoms. The summed E-state index contributed by atoms with van der Waals surface area (Å²) in [5, 5.41) is 2.59. The molecule has 1 aromatic heterocycles. The molecule has 2 aliphatic rings. The van der Waals surface area contributed by atoms with Gasteiger partial charge in [0, 0.05) is 5.56 Å². The minimum absolute atomic E-state index is 0.163. The zero-order chi connectivity index (χ0) is 18.8. The van der Waals surface area contributed by atoms with Gasteiger partial charge in [-0.05, 0) is 73.9 Å². The lowest BCUT2D eigenvalue weighted by atomic mass is 9.99. The average molecular weight is 391 g/mol. The highest BCUT2D eigenvalue weighted by Crippen LogP contribution is 2.55. The number of furan rings is 1. The fourth-order valence-corrected chi connectivity index (χ4v) is 8.95. The molecule has 5 rings (SSSR count). The molecule has 3 aromatic rings. The van der Waals surface area contributed by atoms with Crippen LogP contribution in [0.5, 0.6) is 0 Å². The first-order chi connectivity index (χ1) is 13.9. The van der Waals surface area contributed by atoms with Crippen LogP contribution in [0.3, 0.4) is 0 Å². The molecule has 0 unspecified atom stereocenters.